The number of nitrogens with one attached hydrogen (secondary N) is 2. The van der Waals surface area contributed by atoms with Crippen molar-refractivity contribution in [2.45, 2.75) is 98.6 Å². The summed E-state index contributed by atoms with van der Waals surface area (Å²) in [7, 11) is -5.26. The number of hydrogen-bond acceptors (Lipinski definition) is 12. The third kappa shape index (κ3) is 19.4. The summed E-state index contributed by atoms with van der Waals surface area (Å²) >= 11 is 0. The van der Waals surface area contributed by atoms with Gasteiger partial charge in [0.25, 0.3) is 0 Å². The maximum absolute atomic E-state index is 12.4. The van der Waals surface area contributed by atoms with Crippen molar-refractivity contribution >= 4 is 29.5 Å². The lowest BCUT2D eigenvalue weighted by atomic mass is 10.1. The number of rotatable bonds is 32. The second kappa shape index (κ2) is 27.7. The van der Waals surface area contributed by atoms with Gasteiger partial charge in [0.1, 0.15) is 26.3 Å². The summed E-state index contributed by atoms with van der Waals surface area (Å²) < 4.78 is 47.5. The van der Waals surface area contributed by atoms with Crippen LogP contribution in [0, 0.1) is 0 Å². The first kappa shape index (κ1) is 45.0. The third-order valence-corrected chi connectivity index (χ3v) is 14.6. The molecular weight excluding hydrogens is 655 g/mol. The molecule has 0 atom stereocenters. The van der Waals surface area contributed by atoms with E-state index in [2.05, 4.69) is 10.6 Å². The summed E-state index contributed by atoms with van der Waals surface area (Å²) in [4.78, 5) is 24.9. The molecule has 0 unspecified atom stereocenters. The SMILES string of the molecule is CCO[Si](CCCNCCC(=O)OCC[N+]1(CCOC(=O)CCNCCC[Si](OCC)(OCC)OCC)CCCCC1)(OCC)OCC. The molecule has 0 radical (unpaired) electrons. The summed E-state index contributed by atoms with van der Waals surface area (Å²) in [5.74, 6) is -0.389. The van der Waals surface area contributed by atoms with Crippen LogP contribution < -0.4 is 10.6 Å². The van der Waals surface area contributed by atoms with Crippen LogP contribution in [0.2, 0.25) is 12.1 Å². The molecule has 1 aliphatic heterocycles. The molecule has 0 aliphatic carbocycles. The molecule has 0 bridgehead atoms. The van der Waals surface area contributed by atoms with Crippen LogP contribution in [-0.4, -0.2) is 139 Å². The minimum absolute atomic E-state index is 0.194. The van der Waals surface area contributed by atoms with Crippen molar-refractivity contribution < 1.29 is 50.1 Å². The summed E-state index contributed by atoms with van der Waals surface area (Å²) in [5, 5.41) is 6.66. The van der Waals surface area contributed by atoms with Gasteiger partial charge in [0.2, 0.25) is 0 Å². The van der Waals surface area contributed by atoms with Crippen molar-refractivity contribution in [2.24, 2.45) is 0 Å². The van der Waals surface area contributed by atoms with E-state index in [1.165, 1.54) is 6.42 Å². The second-order valence-corrected chi connectivity index (χ2v) is 17.4. The van der Waals surface area contributed by atoms with Crippen molar-refractivity contribution in [2.75, 3.05) is 105 Å². The van der Waals surface area contributed by atoms with E-state index in [0.717, 1.165) is 81.5 Å². The first-order valence-corrected chi connectivity index (χ1v) is 22.6. The van der Waals surface area contributed by atoms with Gasteiger partial charge in [-0.2, -0.15) is 0 Å². The highest BCUT2D eigenvalue weighted by molar-refractivity contribution is 6.61. The molecule has 0 aromatic rings. The largest absolute Gasteiger partial charge is 0.500 e. The van der Waals surface area contributed by atoms with Gasteiger partial charge in [0, 0.05) is 64.8 Å². The molecule has 2 N–H and O–H groups in total. The Morgan fingerprint density at radius 3 is 1.23 bits per heavy atom. The number of ether oxygens (including phenoxy) is 2. The summed E-state index contributed by atoms with van der Waals surface area (Å²) in [6.45, 7) is 22.1. The van der Waals surface area contributed by atoms with E-state index in [-0.39, 0.29) is 11.9 Å². The quantitative estimate of drug-likeness (QED) is 0.0452. The lowest BCUT2D eigenvalue weighted by molar-refractivity contribution is -0.932. The molecule has 48 heavy (non-hydrogen) atoms. The van der Waals surface area contributed by atoms with Crippen molar-refractivity contribution in [3.63, 3.8) is 0 Å². The number of nitrogens with zero attached hydrogens (tertiary/aromatic N) is 1. The number of carbonyl (C=O) groups excluding carboxylic acids is 2. The molecule has 0 saturated carbocycles. The van der Waals surface area contributed by atoms with Crippen LogP contribution >= 0.6 is 0 Å². The maximum Gasteiger partial charge on any atom is 0.500 e. The maximum atomic E-state index is 12.4. The molecule has 1 heterocycles. The topological polar surface area (TPSA) is 132 Å². The van der Waals surface area contributed by atoms with Gasteiger partial charge in [-0.25, -0.2) is 0 Å². The molecule has 1 saturated heterocycles. The average Bonchev–Trinajstić information content (AvgIpc) is 3.05. The lowest BCUT2D eigenvalue weighted by Gasteiger charge is -2.41. The van der Waals surface area contributed by atoms with Gasteiger partial charge in [-0.3, -0.25) is 9.59 Å². The number of esters is 2. The van der Waals surface area contributed by atoms with Crippen LogP contribution in [0.3, 0.4) is 0 Å². The van der Waals surface area contributed by atoms with E-state index in [1.54, 1.807) is 0 Å². The molecule has 0 aromatic heterocycles. The third-order valence-electron chi connectivity index (χ3n) is 8.29. The van der Waals surface area contributed by atoms with E-state index < -0.39 is 17.6 Å². The first-order valence-electron chi connectivity index (χ1n) is 18.7. The molecule has 0 aromatic carbocycles. The highest BCUT2D eigenvalue weighted by Gasteiger charge is 2.40. The van der Waals surface area contributed by atoms with E-state index in [9.17, 15) is 9.59 Å². The van der Waals surface area contributed by atoms with Gasteiger partial charge < -0.3 is 51.1 Å². The van der Waals surface area contributed by atoms with Gasteiger partial charge in [-0.05, 0) is 86.7 Å². The molecule has 1 fully saturated rings. The molecule has 13 nitrogen and oxygen atoms in total. The predicted octanol–water partition coefficient (Wildman–Crippen LogP) is 3.91. The Balaban J connectivity index is 2.29. The van der Waals surface area contributed by atoms with Crippen LogP contribution in [0.4, 0.5) is 0 Å². The van der Waals surface area contributed by atoms with Gasteiger partial charge in [-0.15, -0.1) is 0 Å². The Morgan fingerprint density at radius 1 is 0.542 bits per heavy atom. The van der Waals surface area contributed by atoms with Crippen LogP contribution in [0.15, 0.2) is 0 Å². The number of carbonyl (C=O) groups is 2. The highest BCUT2D eigenvalue weighted by atomic mass is 28.4. The zero-order valence-corrected chi connectivity index (χ0v) is 33.2. The minimum Gasteiger partial charge on any atom is -0.460 e. The van der Waals surface area contributed by atoms with Gasteiger partial charge in [0.15, 0.2) is 0 Å². The van der Waals surface area contributed by atoms with Crippen LogP contribution in [-0.2, 0) is 45.6 Å². The fraction of sp³-hybridized carbons (Fsp3) is 0.939. The first-order chi connectivity index (χ1) is 23.3. The monoisotopic (exact) mass is 724 g/mol. The molecule has 1 aliphatic rings. The molecule has 0 spiro atoms. The Labute approximate surface area is 293 Å². The van der Waals surface area contributed by atoms with Gasteiger partial charge in [-0.1, -0.05) is 0 Å². The van der Waals surface area contributed by atoms with E-state index >= 15 is 0 Å². The minimum atomic E-state index is -2.63. The van der Waals surface area contributed by atoms with E-state index in [0.29, 0.717) is 78.8 Å². The summed E-state index contributed by atoms with van der Waals surface area (Å²) in [6, 6.07) is 1.49. The zero-order chi connectivity index (χ0) is 35.4. The molecule has 284 valence electrons. The second-order valence-electron chi connectivity index (χ2n) is 11.9. The lowest BCUT2D eigenvalue weighted by Crippen LogP contribution is -2.55. The Bertz CT molecular complexity index is 733. The molecule has 15 heteroatoms. The number of piperidine rings is 1. The van der Waals surface area contributed by atoms with Gasteiger partial charge >= 0.3 is 29.5 Å². The standard InChI is InChI=1S/C33H70N3O10Si2/c1-7-41-47(42-8-2,43-9-3)30-16-20-34-22-18-32(37)39-28-26-36(24-14-13-15-25-36)27-29-40-33(38)19-23-35-21-17-31-48(44-10-4,45-11-5)46-12-6/h34-35H,7-31H2,1-6H3/q+1. The Morgan fingerprint density at radius 2 is 0.896 bits per heavy atom. The van der Waals surface area contributed by atoms with Crippen molar-refractivity contribution in [3.05, 3.63) is 0 Å². The highest BCUT2D eigenvalue weighted by Crippen LogP contribution is 2.20. The summed E-state index contributed by atoms with van der Waals surface area (Å²) in [5.41, 5.74) is 0. The zero-order valence-electron chi connectivity index (χ0n) is 31.2. The Hall–Kier alpha value is -0.986. The van der Waals surface area contributed by atoms with Gasteiger partial charge in [0.05, 0.1) is 25.9 Å². The van der Waals surface area contributed by atoms with Crippen molar-refractivity contribution in [3.8, 4) is 0 Å². The molecular formula is C33H70N3O10Si2+. The van der Waals surface area contributed by atoms with Crippen LogP contribution in [0.25, 0.3) is 0 Å². The van der Waals surface area contributed by atoms with Crippen LogP contribution in [0.1, 0.15) is 86.5 Å². The van der Waals surface area contributed by atoms with E-state index in [4.69, 9.17) is 36.0 Å². The van der Waals surface area contributed by atoms with E-state index in [1.807, 2.05) is 41.5 Å². The number of hydrogen-bond donors (Lipinski definition) is 2. The number of likely N-dealkylation sites (tertiary alicyclic amines) is 1. The normalized spacial score (nSPS) is 15.0. The number of quaternary nitrogens is 1. The predicted molar refractivity (Wildman–Crippen MR) is 191 cm³/mol. The van der Waals surface area contributed by atoms with Crippen LogP contribution in [0.5, 0.6) is 0 Å². The van der Waals surface area contributed by atoms with Crippen molar-refractivity contribution in [1.29, 1.82) is 0 Å². The molecule has 1 rings (SSSR count). The fourth-order valence-corrected chi connectivity index (χ4v) is 11.3. The fourth-order valence-electron chi connectivity index (χ4n) is 6.09. The summed E-state index contributed by atoms with van der Waals surface area (Å²) in [6.07, 6.45) is 5.83. The average molecular weight is 725 g/mol. The van der Waals surface area contributed by atoms with Crippen molar-refractivity contribution in [1.82, 2.24) is 10.6 Å². The molecule has 0 amide bonds. The Kier molecular flexibility index (Phi) is 26.0. The smallest absolute Gasteiger partial charge is 0.460 e.